The molecule has 2 aromatic rings. The molecule has 0 amide bonds. The molecular weight excluding hydrogens is 440 g/mol. The summed E-state index contributed by atoms with van der Waals surface area (Å²) >= 11 is 3.77. The fraction of sp³-hybridized carbons (Fsp3) is 0.480. The Morgan fingerprint density at radius 2 is 1.70 bits per heavy atom. The lowest BCUT2D eigenvalue weighted by Gasteiger charge is -2.56. The molecule has 0 bridgehead atoms. The van der Waals surface area contributed by atoms with E-state index in [-0.39, 0.29) is 0 Å². The minimum Gasteiger partial charge on any atom is -0.478 e. The van der Waals surface area contributed by atoms with Gasteiger partial charge in [0, 0.05) is 35.3 Å². The van der Waals surface area contributed by atoms with Crippen LogP contribution >= 0.6 is 15.9 Å². The van der Waals surface area contributed by atoms with Crippen LogP contribution in [-0.2, 0) is 0 Å². The summed E-state index contributed by atoms with van der Waals surface area (Å²) in [4.78, 5) is 16.3. The molecule has 2 aromatic carbocycles. The lowest BCUT2D eigenvalue weighted by molar-refractivity contribution is -0.0227. The van der Waals surface area contributed by atoms with Crippen molar-refractivity contribution in [1.29, 1.82) is 0 Å². The molecule has 0 radical (unpaired) electrons. The van der Waals surface area contributed by atoms with E-state index in [9.17, 15) is 4.79 Å². The monoisotopic (exact) mass is 468 g/mol. The van der Waals surface area contributed by atoms with Crippen molar-refractivity contribution in [1.82, 2.24) is 4.90 Å². The van der Waals surface area contributed by atoms with E-state index in [2.05, 4.69) is 50.0 Å². The Kier molecular flexibility index (Phi) is 5.36. The molecule has 5 heteroatoms. The van der Waals surface area contributed by atoms with E-state index in [4.69, 9.17) is 5.11 Å². The number of carbonyl (C=O) groups is 1. The van der Waals surface area contributed by atoms with E-state index in [0.717, 1.165) is 24.8 Å². The van der Waals surface area contributed by atoms with Crippen LogP contribution in [-0.4, -0.2) is 41.7 Å². The number of nitrogens with zero attached hydrogens (tertiary/aromatic N) is 2. The largest absolute Gasteiger partial charge is 0.478 e. The van der Waals surface area contributed by atoms with Crippen LogP contribution in [0.25, 0.3) is 0 Å². The normalized spacial score (nSPS) is 24.2. The summed E-state index contributed by atoms with van der Waals surface area (Å²) in [5.41, 5.74) is 3.48. The summed E-state index contributed by atoms with van der Waals surface area (Å²) in [6.07, 6.45) is 7.73. The molecule has 2 heterocycles. The number of hydrogen-bond donors (Lipinski definition) is 1. The number of aromatic carboxylic acids is 1. The number of likely N-dealkylation sites (tertiary alicyclic amines) is 1. The number of carboxylic acids is 1. The number of piperidine rings is 1. The number of rotatable bonds is 4. The van der Waals surface area contributed by atoms with Crippen molar-refractivity contribution in [2.45, 2.75) is 50.6 Å². The standard InChI is InChI=1S/C25H29BrN2O2/c26-22-5-2-1-4-21(22)23-6-3-13-28(23)20-16-25(17-20)11-14-27(15-12-25)19-9-7-18(8-10-19)24(29)30/h1-2,4-5,7-10,20,23H,3,6,11-17H2,(H,29,30). The van der Waals surface area contributed by atoms with Crippen molar-refractivity contribution in [3.8, 4) is 0 Å². The average Bonchev–Trinajstić information content (AvgIpc) is 3.22. The van der Waals surface area contributed by atoms with Gasteiger partial charge in [-0.1, -0.05) is 34.1 Å². The second-order valence-electron chi connectivity index (χ2n) is 9.32. The van der Waals surface area contributed by atoms with Crippen LogP contribution in [0.15, 0.2) is 53.0 Å². The molecule has 1 atom stereocenters. The first-order valence-corrected chi connectivity index (χ1v) is 11.9. The van der Waals surface area contributed by atoms with Crippen LogP contribution in [0.5, 0.6) is 0 Å². The molecule has 158 valence electrons. The summed E-state index contributed by atoms with van der Waals surface area (Å²) in [6.45, 7) is 3.38. The highest BCUT2D eigenvalue weighted by Gasteiger charge is 2.49. The van der Waals surface area contributed by atoms with Crippen LogP contribution in [0, 0.1) is 5.41 Å². The van der Waals surface area contributed by atoms with E-state index >= 15 is 0 Å². The lowest BCUT2D eigenvalue weighted by atomic mass is 9.60. The summed E-state index contributed by atoms with van der Waals surface area (Å²) in [6, 6.07) is 17.4. The van der Waals surface area contributed by atoms with Gasteiger partial charge in [0.15, 0.2) is 0 Å². The van der Waals surface area contributed by atoms with Crippen molar-refractivity contribution in [3.63, 3.8) is 0 Å². The number of hydrogen-bond acceptors (Lipinski definition) is 3. The Morgan fingerprint density at radius 3 is 2.37 bits per heavy atom. The second kappa shape index (κ2) is 8.01. The van der Waals surface area contributed by atoms with Gasteiger partial charge in [0.1, 0.15) is 0 Å². The number of anilines is 1. The van der Waals surface area contributed by atoms with E-state index in [1.165, 1.54) is 55.1 Å². The maximum absolute atomic E-state index is 11.1. The molecule has 2 saturated heterocycles. The van der Waals surface area contributed by atoms with Crippen molar-refractivity contribution >= 4 is 27.6 Å². The number of carboxylic acid groups (broad SMARTS) is 1. The number of benzene rings is 2. The van der Waals surface area contributed by atoms with Gasteiger partial charge >= 0.3 is 5.97 Å². The first-order chi connectivity index (χ1) is 14.5. The lowest BCUT2D eigenvalue weighted by Crippen LogP contribution is -2.54. The molecule has 1 N–H and O–H groups in total. The molecule has 1 saturated carbocycles. The van der Waals surface area contributed by atoms with Gasteiger partial charge in [-0.3, -0.25) is 4.90 Å². The average molecular weight is 469 g/mol. The van der Waals surface area contributed by atoms with Crippen LogP contribution in [0.4, 0.5) is 5.69 Å². The summed E-state index contributed by atoms with van der Waals surface area (Å²) in [5, 5.41) is 9.10. The molecule has 0 aromatic heterocycles. The Hall–Kier alpha value is -1.85. The SMILES string of the molecule is O=C(O)c1ccc(N2CCC3(CC2)CC(N2CCCC2c2ccccc2Br)C3)cc1. The topological polar surface area (TPSA) is 43.8 Å². The quantitative estimate of drug-likeness (QED) is 0.621. The van der Waals surface area contributed by atoms with Crippen molar-refractivity contribution < 1.29 is 9.90 Å². The fourth-order valence-corrected chi connectivity index (χ4v) is 6.49. The zero-order chi connectivity index (χ0) is 20.7. The van der Waals surface area contributed by atoms with Crippen molar-refractivity contribution in [2.24, 2.45) is 5.41 Å². The van der Waals surface area contributed by atoms with Crippen molar-refractivity contribution in [3.05, 3.63) is 64.1 Å². The molecule has 3 fully saturated rings. The summed E-state index contributed by atoms with van der Waals surface area (Å²) in [5.74, 6) is -0.859. The highest BCUT2D eigenvalue weighted by molar-refractivity contribution is 9.10. The predicted octanol–water partition coefficient (Wildman–Crippen LogP) is 5.73. The predicted molar refractivity (Wildman–Crippen MR) is 123 cm³/mol. The molecule has 1 unspecified atom stereocenters. The third-order valence-corrected chi connectivity index (χ3v) is 8.39. The fourth-order valence-electron chi connectivity index (χ4n) is 5.94. The van der Waals surface area contributed by atoms with Crippen LogP contribution in [0.3, 0.4) is 0 Å². The first kappa shape index (κ1) is 20.1. The smallest absolute Gasteiger partial charge is 0.335 e. The second-order valence-corrected chi connectivity index (χ2v) is 10.2. The maximum atomic E-state index is 11.1. The van der Waals surface area contributed by atoms with Gasteiger partial charge < -0.3 is 10.0 Å². The van der Waals surface area contributed by atoms with Gasteiger partial charge in [-0.25, -0.2) is 4.79 Å². The van der Waals surface area contributed by atoms with Gasteiger partial charge in [0.2, 0.25) is 0 Å². The van der Waals surface area contributed by atoms with Gasteiger partial charge in [-0.2, -0.15) is 0 Å². The third-order valence-electron chi connectivity index (χ3n) is 7.67. The zero-order valence-electron chi connectivity index (χ0n) is 17.3. The molecule has 2 aliphatic heterocycles. The van der Waals surface area contributed by atoms with Gasteiger partial charge in [0.25, 0.3) is 0 Å². The summed E-state index contributed by atoms with van der Waals surface area (Å²) < 4.78 is 1.25. The third kappa shape index (κ3) is 3.67. The van der Waals surface area contributed by atoms with Gasteiger partial charge in [-0.05, 0) is 86.4 Å². The van der Waals surface area contributed by atoms with E-state index in [0.29, 0.717) is 17.0 Å². The molecule has 5 rings (SSSR count). The Morgan fingerprint density at radius 1 is 1.00 bits per heavy atom. The highest BCUT2D eigenvalue weighted by atomic mass is 79.9. The first-order valence-electron chi connectivity index (χ1n) is 11.1. The van der Waals surface area contributed by atoms with Gasteiger partial charge in [0.05, 0.1) is 5.56 Å². The van der Waals surface area contributed by atoms with E-state index in [1.54, 1.807) is 12.1 Å². The Labute approximate surface area is 187 Å². The highest BCUT2D eigenvalue weighted by Crippen LogP contribution is 2.54. The Balaban J connectivity index is 1.19. The van der Waals surface area contributed by atoms with E-state index in [1.807, 2.05) is 12.1 Å². The molecule has 30 heavy (non-hydrogen) atoms. The Bertz CT molecular complexity index is 913. The minimum absolute atomic E-state index is 0.360. The maximum Gasteiger partial charge on any atom is 0.335 e. The molecule has 4 nitrogen and oxygen atoms in total. The van der Waals surface area contributed by atoms with Gasteiger partial charge in [-0.15, -0.1) is 0 Å². The van der Waals surface area contributed by atoms with Crippen molar-refractivity contribution in [2.75, 3.05) is 24.5 Å². The molecule has 3 aliphatic rings. The van der Waals surface area contributed by atoms with Crippen LogP contribution < -0.4 is 4.90 Å². The molecule has 1 aliphatic carbocycles. The molecule has 1 spiro atoms. The zero-order valence-corrected chi connectivity index (χ0v) is 18.9. The van der Waals surface area contributed by atoms with Crippen LogP contribution in [0.1, 0.15) is 60.5 Å². The molecular formula is C25H29BrN2O2. The van der Waals surface area contributed by atoms with E-state index < -0.39 is 5.97 Å². The number of halogens is 1. The summed E-state index contributed by atoms with van der Waals surface area (Å²) in [7, 11) is 0. The minimum atomic E-state index is -0.859. The van der Waals surface area contributed by atoms with Crippen LogP contribution in [0.2, 0.25) is 0 Å².